The summed E-state index contributed by atoms with van der Waals surface area (Å²) in [5.74, 6) is 0.932. The molecule has 15 heavy (non-hydrogen) atoms. The predicted molar refractivity (Wildman–Crippen MR) is 57.7 cm³/mol. The molecule has 0 saturated heterocycles. The van der Waals surface area contributed by atoms with Gasteiger partial charge >= 0.3 is 0 Å². The van der Waals surface area contributed by atoms with Crippen LogP contribution in [-0.2, 0) is 0 Å². The summed E-state index contributed by atoms with van der Waals surface area (Å²) in [4.78, 5) is 11.0. The van der Waals surface area contributed by atoms with Gasteiger partial charge in [0.05, 0.1) is 6.04 Å². The van der Waals surface area contributed by atoms with Gasteiger partial charge < -0.3 is 11.1 Å². The van der Waals surface area contributed by atoms with Gasteiger partial charge in [-0.25, -0.2) is 4.68 Å². The van der Waals surface area contributed by atoms with Gasteiger partial charge in [0.1, 0.15) is 5.82 Å². The summed E-state index contributed by atoms with van der Waals surface area (Å²) in [5.41, 5.74) is 5.54. The van der Waals surface area contributed by atoms with E-state index >= 15 is 0 Å². The summed E-state index contributed by atoms with van der Waals surface area (Å²) in [7, 11) is 0. The molecule has 1 atom stereocenters. The van der Waals surface area contributed by atoms with E-state index in [0.717, 1.165) is 18.8 Å². The zero-order chi connectivity index (χ0) is 11.0. The Labute approximate surface area is 88.6 Å². The Kier molecular flexibility index (Phi) is 2.38. The molecule has 2 rings (SSSR count). The third kappa shape index (κ3) is 1.69. The fraction of sp³-hybridized carbons (Fsp3) is 0.600. The number of nitrogens with zero attached hydrogens (tertiary/aromatic N) is 2. The average Bonchev–Trinajstić information content (AvgIpc) is 2.60. The molecule has 0 fully saturated rings. The van der Waals surface area contributed by atoms with Gasteiger partial charge in [0.2, 0.25) is 0 Å². The molecule has 5 heteroatoms. The highest BCUT2D eigenvalue weighted by Crippen LogP contribution is 2.29. The van der Waals surface area contributed by atoms with E-state index in [1.165, 1.54) is 0 Å². The Hall–Kier alpha value is -1.52. The smallest absolute Gasteiger partial charge is 0.269 e. The van der Waals surface area contributed by atoms with E-state index in [0.29, 0.717) is 17.7 Å². The summed E-state index contributed by atoms with van der Waals surface area (Å²) < 4.78 is 1.88. The summed E-state index contributed by atoms with van der Waals surface area (Å²) in [5, 5.41) is 7.45. The minimum absolute atomic E-state index is 0.338. The lowest BCUT2D eigenvalue weighted by Gasteiger charge is -2.28. The van der Waals surface area contributed by atoms with Crippen LogP contribution in [0.3, 0.4) is 0 Å². The number of primary amides is 1. The first-order chi connectivity index (χ1) is 7.09. The maximum atomic E-state index is 11.0. The Morgan fingerprint density at radius 1 is 1.73 bits per heavy atom. The van der Waals surface area contributed by atoms with E-state index < -0.39 is 5.91 Å². The molecule has 0 spiro atoms. The van der Waals surface area contributed by atoms with Gasteiger partial charge in [-0.2, -0.15) is 5.10 Å². The molecule has 1 unspecified atom stereocenters. The van der Waals surface area contributed by atoms with E-state index in [1.807, 2.05) is 4.68 Å². The zero-order valence-electron chi connectivity index (χ0n) is 9.03. The van der Waals surface area contributed by atoms with Crippen LogP contribution in [0.5, 0.6) is 0 Å². The number of fused-ring (bicyclic) bond motifs is 1. The number of rotatable bonds is 2. The fourth-order valence-electron chi connectivity index (χ4n) is 1.99. The van der Waals surface area contributed by atoms with Crippen LogP contribution in [-0.4, -0.2) is 22.2 Å². The lowest BCUT2D eigenvalue weighted by atomic mass is 10.00. The van der Waals surface area contributed by atoms with Gasteiger partial charge in [-0.15, -0.1) is 0 Å². The van der Waals surface area contributed by atoms with Crippen LogP contribution < -0.4 is 11.1 Å². The number of anilines is 1. The molecular weight excluding hydrogens is 192 g/mol. The Morgan fingerprint density at radius 3 is 3.07 bits per heavy atom. The van der Waals surface area contributed by atoms with Crippen molar-refractivity contribution >= 4 is 11.7 Å². The highest BCUT2D eigenvalue weighted by atomic mass is 16.1. The third-order valence-corrected chi connectivity index (χ3v) is 2.82. The van der Waals surface area contributed by atoms with Crippen molar-refractivity contribution in [1.82, 2.24) is 9.78 Å². The Bertz CT molecular complexity index is 383. The molecule has 0 saturated carbocycles. The minimum Gasteiger partial charge on any atom is -0.370 e. The van der Waals surface area contributed by atoms with E-state index in [9.17, 15) is 4.79 Å². The molecular formula is C10H16N4O. The van der Waals surface area contributed by atoms with Gasteiger partial charge in [-0.05, 0) is 12.3 Å². The largest absolute Gasteiger partial charge is 0.370 e. The molecule has 3 N–H and O–H groups in total. The average molecular weight is 208 g/mol. The lowest BCUT2D eigenvalue weighted by molar-refractivity contribution is 0.0994. The van der Waals surface area contributed by atoms with Crippen molar-refractivity contribution in [3.63, 3.8) is 0 Å². The molecule has 1 aromatic rings. The Morgan fingerprint density at radius 2 is 2.47 bits per heavy atom. The number of carbonyl (C=O) groups excluding carboxylic acids is 1. The maximum Gasteiger partial charge on any atom is 0.269 e. The molecule has 1 aromatic heterocycles. The molecule has 1 aliphatic rings. The van der Waals surface area contributed by atoms with Crippen molar-refractivity contribution in [2.45, 2.75) is 26.3 Å². The first kappa shape index (κ1) is 10.0. The second kappa shape index (κ2) is 3.56. The second-order valence-corrected chi connectivity index (χ2v) is 4.25. The second-order valence-electron chi connectivity index (χ2n) is 4.25. The summed E-state index contributed by atoms with van der Waals surface area (Å²) >= 11 is 0. The van der Waals surface area contributed by atoms with E-state index in [-0.39, 0.29) is 0 Å². The van der Waals surface area contributed by atoms with Crippen molar-refractivity contribution in [2.75, 3.05) is 11.9 Å². The highest BCUT2D eigenvalue weighted by Gasteiger charge is 2.24. The van der Waals surface area contributed by atoms with E-state index in [1.54, 1.807) is 6.07 Å². The minimum atomic E-state index is -0.471. The van der Waals surface area contributed by atoms with E-state index in [2.05, 4.69) is 24.3 Å². The maximum absolute atomic E-state index is 11.0. The van der Waals surface area contributed by atoms with Crippen LogP contribution in [0.2, 0.25) is 0 Å². The first-order valence-corrected chi connectivity index (χ1v) is 5.23. The third-order valence-electron chi connectivity index (χ3n) is 2.82. The van der Waals surface area contributed by atoms with Crippen LogP contribution in [0, 0.1) is 5.92 Å². The molecule has 1 aliphatic heterocycles. The lowest BCUT2D eigenvalue weighted by Crippen LogP contribution is -2.27. The first-order valence-electron chi connectivity index (χ1n) is 5.23. The van der Waals surface area contributed by atoms with E-state index in [4.69, 9.17) is 5.73 Å². The summed E-state index contributed by atoms with van der Waals surface area (Å²) in [6.07, 6.45) is 1.03. The molecule has 0 radical (unpaired) electrons. The van der Waals surface area contributed by atoms with Crippen molar-refractivity contribution < 1.29 is 4.79 Å². The van der Waals surface area contributed by atoms with Crippen molar-refractivity contribution in [3.8, 4) is 0 Å². The Balaban J connectivity index is 2.38. The van der Waals surface area contributed by atoms with Crippen molar-refractivity contribution in [2.24, 2.45) is 11.7 Å². The predicted octanol–water partition coefficient (Wildman–Crippen LogP) is 0.995. The SMILES string of the molecule is CC(C)C1CCNc2cc(C(N)=O)nn21. The molecule has 0 aliphatic carbocycles. The quantitative estimate of drug-likeness (QED) is 0.761. The molecule has 1 amide bonds. The molecule has 0 bridgehead atoms. The number of aromatic nitrogens is 2. The topological polar surface area (TPSA) is 72.9 Å². The van der Waals surface area contributed by atoms with Crippen LogP contribution in [0.15, 0.2) is 6.07 Å². The molecule has 5 nitrogen and oxygen atoms in total. The molecule has 0 aromatic carbocycles. The fourth-order valence-corrected chi connectivity index (χ4v) is 1.99. The van der Waals surface area contributed by atoms with Gasteiger partial charge in [0, 0.05) is 12.6 Å². The monoisotopic (exact) mass is 208 g/mol. The number of carbonyl (C=O) groups is 1. The summed E-state index contributed by atoms with van der Waals surface area (Å²) in [6, 6.07) is 2.07. The van der Waals surface area contributed by atoms with Crippen LogP contribution in [0.25, 0.3) is 0 Å². The van der Waals surface area contributed by atoms with Gasteiger partial charge in [-0.3, -0.25) is 4.79 Å². The summed E-state index contributed by atoms with van der Waals surface area (Å²) in [6.45, 7) is 5.24. The normalized spacial score (nSPS) is 19.8. The number of nitrogens with one attached hydrogen (secondary N) is 1. The van der Waals surface area contributed by atoms with Crippen LogP contribution in [0.1, 0.15) is 36.8 Å². The number of nitrogens with two attached hydrogens (primary N) is 1. The van der Waals surface area contributed by atoms with Crippen molar-refractivity contribution in [3.05, 3.63) is 11.8 Å². The molecule has 82 valence electrons. The zero-order valence-corrected chi connectivity index (χ0v) is 9.03. The number of hydrogen-bond donors (Lipinski definition) is 2. The van der Waals surface area contributed by atoms with Crippen LogP contribution in [0.4, 0.5) is 5.82 Å². The number of hydrogen-bond acceptors (Lipinski definition) is 3. The highest BCUT2D eigenvalue weighted by molar-refractivity contribution is 5.91. The molecule has 2 heterocycles. The number of amides is 1. The van der Waals surface area contributed by atoms with Gasteiger partial charge in [0.25, 0.3) is 5.91 Å². The van der Waals surface area contributed by atoms with Gasteiger partial charge in [-0.1, -0.05) is 13.8 Å². The van der Waals surface area contributed by atoms with Crippen molar-refractivity contribution in [1.29, 1.82) is 0 Å². The van der Waals surface area contributed by atoms with Gasteiger partial charge in [0.15, 0.2) is 5.69 Å². The standard InChI is InChI=1S/C10H16N4O/c1-6(2)8-3-4-12-9-5-7(10(11)15)13-14(8)9/h5-6,8,12H,3-4H2,1-2H3,(H2,11,15). The van der Waals surface area contributed by atoms with Crippen LogP contribution >= 0.6 is 0 Å².